The summed E-state index contributed by atoms with van der Waals surface area (Å²) in [6, 6.07) is 7.53. The van der Waals surface area contributed by atoms with Crippen molar-refractivity contribution in [3.63, 3.8) is 0 Å². The van der Waals surface area contributed by atoms with Crippen molar-refractivity contribution in [3.05, 3.63) is 47.2 Å². The Morgan fingerprint density at radius 1 is 1.32 bits per heavy atom. The highest BCUT2D eigenvalue weighted by atomic mass is 35.5. The second kappa shape index (κ2) is 8.50. The Balaban J connectivity index is 1.58. The summed E-state index contributed by atoms with van der Waals surface area (Å²) in [6.07, 6.45) is 8.09. The topological polar surface area (TPSA) is 50.2 Å². The predicted molar refractivity (Wildman–Crippen MR) is 99.9 cm³/mol. The van der Waals surface area contributed by atoms with E-state index in [1.54, 1.807) is 10.9 Å². The molecule has 6 heteroatoms. The van der Waals surface area contributed by atoms with Crippen molar-refractivity contribution in [1.29, 1.82) is 0 Å². The highest BCUT2D eigenvalue weighted by Gasteiger charge is 2.27. The minimum absolute atomic E-state index is 0.0139. The molecule has 1 saturated heterocycles. The van der Waals surface area contributed by atoms with Gasteiger partial charge in [0.25, 0.3) is 0 Å². The molecule has 0 bridgehead atoms. The van der Waals surface area contributed by atoms with Crippen LogP contribution < -0.4 is 5.32 Å². The average Bonchev–Trinajstić information content (AvgIpc) is 3.10. The fraction of sp³-hybridized carbons (Fsp3) is 0.474. The van der Waals surface area contributed by atoms with E-state index >= 15 is 0 Å². The molecule has 1 aromatic carbocycles. The fourth-order valence-corrected chi connectivity index (χ4v) is 3.46. The van der Waals surface area contributed by atoms with Crippen LogP contribution >= 0.6 is 11.6 Å². The summed E-state index contributed by atoms with van der Waals surface area (Å²) < 4.78 is 1.79. The van der Waals surface area contributed by atoms with Crippen LogP contribution in [0.5, 0.6) is 0 Å². The zero-order chi connectivity index (χ0) is 17.6. The Labute approximate surface area is 154 Å². The quantitative estimate of drug-likeness (QED) is 0.858. The van der Waals surface area contributed by atoms with Gasteiger partial charge in [0.15, 0.2) is 0 Å². The van der Waals surface area contributed by atoms with Crippen LogP contribution in [0.15, 0.2) is 36.7 Å². The molecule has 25 heavy (non-hydrogen) atoms. The first-order chi connectivity index (χ1) is 12.2. The Kier molecular flexibility index (Phi) is 6.10. The van der Waals surface area contributed by atoms with Gasteiger partial charge < -0.3 is 5.32 Å². The molecule has 5 nitrogen and oxygen atoms in total. The Morgan fingerprint density at radius 2 is 2.12 bits per heavy atom. The van der Waals surface area contributed by atoms with Gasteiger partial charge in [-0.15, -0.1) is 0 Å². The number of nitrogens with zero attached hydrogens (tertiary/aromatic N) is 3. The minimum atomic E-state index is 0.0139. The number of hydrogen-bond donors (Lipinski definition) is 1. The van der Waals surface area contributed by atoms with Crippen molar-refractivity contribution < 1.29 is 4.79 Å². The Bertz CT molecular complexity index is 696. The van der Waals surface area contributed by atoms with Crippen molar-refractivity contribution in [3.8, 4) is 5.69 Å². The summed E-state index contributed by atoms with van der Waals surface area (Å²) in [4.78, 5) is 14.9. The van der Waals surface area contributed by atoms with Gasteiger partial charge in [-0.25, -0.2) is 4.68 Å². The molecule has 0 radical (unpaired) electrons. The first-order valence-corrected chi connectivity index (χ1v) is 9.36. The summed E-state index contributed by atoms with van der Waals surface area (Å²) in [7, 11) is 0. The van der Waals surface area contributed by atoms with Crippen LogP contribution in [-0.4, -0.2) is 39.7 Å². The smallest absolute Gasteiger partial charge is 0.237 e. The third-order valence-electron chi connectivity index (χ3n) is 4.62. The number of rotatable bonds is 6. The monoisotopic (exact) mass is 360 g/mol. The summed E-state index contributed by atoms with van der Waals surface area (Å²) in [6.45, 7) is 4.69. The van der Waals surface area contributed by atoms with Gasteiger partial charge in [-0.2, -0.15) is 5.10 Å². The molecule has 3 rings (SSSR count). The highest BCUT2D eigenvalue weighted by Crippen LogP contribution is 2.18. The molecule has 1 N–H and O–H groups in total. The third kappa shape index (κ3) is 4.61. The molecule has 0 saturated carbocycles. The summed E-state index contributed by atoms with van der Waals surface area (Å²) in [5.74, 6) is 0.132. The third-order valence-corrected chi connectivity index (χ3v) is 4.87. The van der Waals surface area contributed by atoms with Gasteiger partial charge in [0.05, 0.1) is 17.9 Å². The van der Waals surface area contributed by atoms with Crippen molar-refractivity contribution in [2.24, 2.45) is 0 Å². The first kappa shape index (κ1) is 18.0. The zero-order valence-corrected chi connectivity index (χ0v) is 15.4. The molecule has 1 aromatic heterocycles. The number of hydrogen-bond acceptors (Lipinski definition) is 3. The molecule has 2 heterocycles. The lowest BCUT2D eigenvalue weighted by atomic mass is 10.0. The van der Waals surface area contributed by atoms with Crippen LogP contribution in [0.2, 0.25) is 5.02 Å². The number of piperidine rings is 1. The number of amides is 1. The maximum absolute atomic E-state index is 12.6. The second-order valence-corrected chi connectivity index (χ2v) is 6.97. The molecule has 2 aromatic rings. The molecule has 1 aliphatic rings. The molecule has 1 amide bonds. The van der Waals surface area contributed by atoms with Gasteiger partial charge in [0.1, 0.15) is 0 Å². The van der Waals surface area contributed by atoms with E-state index in [9.17, 15) is 4.79 Å². The molecule has 1 atom stereocenters. The lowest BCUT2D eigenvalue weighted by Crippen LogP contribution is -2.49. The summed E-state index contributed by atoms with van der Waals surface area (Å²) in [5.41, 5.74) is 1.93. The molecule has 0 spiro atoms. The van der Waals surface area contributed by atoms with E-state index in [2.05, 4.69) is 22.2 Å². The normalized spacial score (nSPS) is 18.2. The van der Waals surface area contributed by atoms with E-state index in [-0.39, 0.29) is 11.9 Å². The van der Waals surface area contributed by atoms with E-state index in [4.69, 9.17) is 11.6 Å². The fourth-order valence-electron chi connectivity index (χ4n) is 3.34. The number of aromatic nitrogens is 2. The molecular formula is C19H25ClN4O. The van der Waals surface area contributed by atoms with E-state index in [0.717, 1.165) is 43.6 Å². The van der Waals surface area contributed by atoms with Crippen molar-refractivity contribution in [1.82, 2.24) is 20.0 Å². The standard InChI is InChI=1S/C19H25ClN4O/c1-2-10-23-11-4-3-5-18(23)19(25)21-12-15-13-22-24(14-15)17-8-6-16(20)7-9-17/h6-9,13-14,18H,2-5,10-12H2,1H3,(H,21,25). The van der Waals surface area contributed by atoms with Crippen LogP contribution in [0.25, 0.3) is 5.69 Å². The van der Waals surface area contributed by atoms with E-state index < -0.39 is 0 Å². The average molecular weight is 361 g/mol. The molecule has 1 aliphatic heterocycles. The van der Waals surface area contributed by atoms with Crippen LogP contribution in [0, 0.1) is 0 Å². The summed E-state index contributed by atoms with van der Waals surface area (Å²) in [5, 5.41) is 8.14. The largest absolute Gasteiger partial charge is 0.351 e. The Morgan fingerprint density at radius 3 is 2.88 bits per heavy atom. The van der Waals surface area contributed by atoms with E-state index in [1.165, 1.54) is 6.42 Å². The lowest BCUT2D eigenvalue weighted by Gasteiger charge is -2.34. The van der Waals surface area contributed by atoms with Gasteiger partial charge >= 0.3 is 0 Å². The number of likely N-dealkylation sites (tertiary alicyclic amines) is 1. The number of carbonyl (C=O) groups is 1. The SMILES string of the molecule is CCCN1CCCCC1C(=O)NCc1cnn(-c2ccc(Cl)cc2)c1. The van der Waals surface area contributed by atoms with Crippen molar-refractivity contribution in [2.45, 2.75) is 45.2 Å². The number of halogens is 1. The molecule has 0 aliphatic carbocycles. The van der Waals surface area contributed by atoms with Crippen molar-refractivity contribution >= 4 is 17.5 Å². The van der Waals surface area contributed by atoms with Crippen LogP contribution in [-0.2, 0) is 11.3 Å². The molecule has 1 unspecified atom stereocenters. The predicted octanol–water partition coefficient (Wildman–Crippen LogP) is 3.41. The van der Waals surface area contributed by atoms with Gasteiger partial charge in [-0.05, 0) is 56.6 Å². The second-order valence-electron chi connectivity index (χ2n) is 6.53. The van der Waals surface area contributed by atoms with Gasteiger partial charge in [0.2, 0.25) is 5.91 Å². The number of nitrogens with one attached hydrogen (secondary N) is 1. The Hall–Kier alpha value is -1.85. The highest BCUT2D eigenvalue weighted by molar-refractivity contribution is 6.30. The maximum atomic E-state index is 12.6. The van der Waals surface area contributed by atoms with Gasteiger partial charge in [-0.1, -0.05) is 24.9 Å². The maximum Gasteiger partial charge on any atom is 0.237 e. The molecular weight excluding hydrogens is 336 g/mol. The van der Waals surface area contributed by atoms with Crippen LogP contribution in [0.1, 0.15) is 38.2 Å². The minimum Gasteiger partial charge on any atom is -0.351 e. The van der Waals surface area contributed by atoms with Gasteiger partial charge in [-0.3, -0.25) is 9.69 Å². The molecule has 134 valence electrons. The van der Waals surface area contributed by atoms with Crippen LogP contribution in [0.3, 0.4) is 0 Å². The lowest BCUT2D eigenvalue weighted by molar-refractivity contribution is -0.127. The molecule has 1 fully saturated rings. The number of carbonyl (C=O) groups excluding carboxylic acids is 1. The first-order valence-electron chi connectivity index (χ1n) is 8.98. The van der Waals surface area contributed by atoms with Crippen LogP contribution in [0.4, 0.5) is 0 Å². The van der Waals surface area contributed by atoms with E-state index in [1.807, 2.05) is 30.5 Å². The van der Waals surface area contributed by atoms with Crippen molar-refractivity contribution in [2.75, 3.05) is 13.1 Å². The van der Waals surface area contributed by atoms with E-state index in [0.29, 0.717) is 11.6 Å². The number of benzene rings is 1. The zero-order valence-electron chi connectivity index (χ0n) is 14.6. The van der Waals surface area contributed by atoms with Gasteiger partial charge in [0, 0.05) is 23.3 Å². The summed E-state index contributed by atoms with van der Waals surface area (Å²) >= 11 is 5.92.